The summed E-state index contributed by atoms with van der Waals surface area (Å²) in [5.74, 6) is 2.21. The van der Waals surface area contributed by atoms with E-state index in [1.54, 1.807) is 13.4 Å². The Labute approximate surface area is 154 Å². The Morgan fingerprint density at radius 3 is 3.04 bits per heavy atom. The van der Waals surface area contributed by atoms with Crippen molar-refractivity contribution in [3.05, 3.63) is 47.9 Å². The van der Waals surface area contributed by atoms with Crippen LogP contribution in [0.4, 0.5) is 10.5 Å². The standard InChI is InChI=1S/C20H27N3O3/c1-15-7-8-17(11-19(15)25-2)22-20(24)21-12-16-5-3-9-23(13-16)14-18-6-4-10-26-18/h4,6-8,10-11,16H,3,5,9,12-14H2,1-2H3,(H2,21,22,24). The van der Waals surface area contributed by atoms with E-state index < -0.39 is 0 Å². The molecule has 2 heterocycles. The van der Waals surface area contributed by atoms with E-state index in [4.69, 9.17) is 9.15 Å². The zero-order valence-corrected chi connectivity index (χ0v) is 15.5. The number of piperidine rings is 1. The van der Waals surface area contributed by atoms with Crippen LogP contribution >= 0.6 is 0 Å². The number of ether oxygens (including phenoxy) is 1. The van der Waals surface area contributed by atoms with Crippen LogP contribution in [0.2, 0.25) is 0 Å². The molecule has 2 amide bonds. The second-order valence-corrected chi connectivity index (χ2v) is 6.84. The first-order valence-corrected chi connectivity index (χ1v) is 9.08. The molecule has 0 bridgehead atoms. The molecule has 0 spiro atoms. The topological polar surface area (TPSA) is 66.7 Å². The number of hydrogen-bond acceptors (Lipinski definition) is 4. The summed E-state index contributed by atoms with van der Waals surface area (Å²) < 4.78 is 10.7. The van der Waals surface area contributed by atoms with Crippen LogP contribution in [-0.4, -0.2) is 37.7 Å². The Kier molecular flexibility index (Phi) is 6.17. The van der Waals surface area contributed by atoms with Crippen molar-refractivity contribution in [3.63, 3.8) is 0 Å². The van der Waals surface area contributed by atoms with Crippen molar-refractivity contribution in [2.45, 2.75) is 26.3 Å². The summed E-state index contributed by atoms with van der Waals surface area (Å²) in [5.41, 5.74) is 1.77. The number of nitrogens with one attached hydrogen (secondary N) is 2. The molecule has 1 fully saturated rings. The zero-order chi connectivity index (χ0) is 18.4. The summed E-state index contributed by atoms with van der Waals surface area (Å²) in [7, 11) is 1.63. The van der Waals surface area contributed by atoms with Gasteiger partial charge < -0.3 is 19.8 Å². The average Bonchev–Trinajstić information content (AvgIpc) is 3.15. The number of hydrogen-bond donors (Lipinski definition) is 2. The first kappa shape index (κ1) is 18.3. The number of urea groups is 1. The molecule has 1 aliphatic heterocycles. The van der Waals surface area contributed by atoms with Crippen molar-refractivity contribution in [2.75, 3.05) is 32.1 Å². The van der Waals surface area contributed by atoms with E-state index in [0.717, 1.165) is 55.2 Å². The Morgan fingerprint density at radius 2 is 2.27 bits per heavy atom. The van der Waals surface area contributed by atoms with Crippen LogP contribution in [0.25, 0.3) is 0 Å². The minimum atomic E-state index is -0.181. The molecule has 2 aromatic rings. The fraction of sp³-hybridized carbons (Fsp3) is 0.450. The number of carbonyl (C=O) groups is 1. The molecule has 26 heavy (non-hydrogen) atoms. The van der Waals surface area contributed by atoms with Gasteiger partial charge >= 0.3 is 6.03 Å². The van der Waals surface area contributed by atoms with Crippen molar-refractivity contribution >= 4 is 11.7 Å². The molecule has 0 radical (unpaired) electrons. The highest BCUT2D eigenvalue weighted by Gasteiger charge is 2.21. The van der Waals surface area contributed by atoms with Gasteiger partial charge in [0.25, 0.3) is 0 Å². The number of anilines is 1. The van der Waals surface area contributed by atoms with Gasteiger partial charge in [-0.15, -0.1) is 0 Å². The first-order chi connectivity index (χ1) is 12.6. The molecule has 6 nitrogen and oxygen atoms in total. The molecule has 1 unspecified atom stereocenters. The van der Waals surface area contributed by atoms with Gasteiger partial charge in [0.05, 0.1) is 19.9 Å². The molecule has 140 valence electrons. The van der Waals surface area contributed by atoms with Gasteiger partial charge in [0.2, 0.25) is 0 Å². The van der Waals surface area contributed by atoms with E-state index >= 15 is 0 Å². The minimum Gasteiger partial charge on any atom is -0.496 e. The number of nitrogens with zero attached hydrogens (tertiary/aromatic N) is 1. The van der Waals surface area contributed by atoms with Crippen LogP contribution in [0.15, 0.2) is 41.0 Å². The molecule has 1 aromatic heterocycles. The van der Waals surface area contributed by atoms with Crippen molar-refractivity contribution in [3.8, 4) is 5.75 Å². The molecule has 3 rings (SSSR count). The van der Waals surface area contributed by atoms with Crippen LogP contribution in [-0.2, 0) is 6.54 Å². The SMILES string of the molecule is COc1cc(NC(=O)NCC2CCCN(Cc3ccco3)C2)ccc1C. The molecular formula is C20H27N3O3. The fourth-order valence-corrected chi connectivity index (χ4v) is 3.39. The third-order valence-electron chi connectivity index (χ3n) is 4.78. The maximum atomic E-state index is 12.2. The van der Waals surface area contributed by atoms with Gasteiger partial charge in [-0.25, -0.2) is 4.79 Å². The minimum absolute atomic E-state index is 0.181. The molecule has 1 saturated heterocycles. The lowest BCUT2D eigenvalue weighted by atomic mass is 9.98. The van der Waals surface area contributed by atoms with Crippen molar-refractivity contribution < 1.29 is 13.9 Å². The van der Waals surface area contributed by atoms with Crippen LogP contribution < -0.4 is 15.4 Å². The number of methoxy groups -OCH3 is 1. The third-order valence-corrected chi connectivity index (χ3v) is 4.78. The Morgan fingerprint density at radius 1 is 1.38 bits per heavy atom. The third kappa shape index (κ3) is 5.02. The predicted molar refractivity (Wildman–Crippen MR) is 101 cm³/mol. The van der Waals surface area contributed by atoms with Gasteiger partial charge in [0, 0.05) is 24.8 Å². The summed E-state index contributed by atoms with van der Waals surface area (Å²) >= 11 is 0. The lowest BCUT2D eigenvalue weighted by Crippen LogP contribution is -2.41. The van der Waals surface area contributed by atoms with Gasteiger partial charge in [-0.3, -0.25) is 4.90 Å². The second kappa shape index (κ2) is 8.76. The normalized spacial score (nSPS) is 17.7. The quantitative estimate of drug-likeness (QED) is 0.828. The van der Waals surface area contributed by atoms with Gasteiger partial charge in [0.15, 0.2) is 0 Å². The molecule has 0 saturated carbocycles. The molecule has 1 aromatic carbocycles. The Bertz CT molecular complexity index is 715. The highest BCUT2D eigenvalue weighted by atomic mass is 16.5. The van der Waals surface area contributed by atoms with E-state index in [1.165, 1.54) is 0 Å². The smallest absolute Gasteiger partial charge is 0.319 e. The van der Waals surface area contributed by atoms with Crippen molar-refractivity contribution in [1.82, 2.24) is 10.2 Å². The molecule has 6 heteroatoms. The first-order valence-electron chi connectivity index (χ1n) is 9.08. The van der Waals surface area contributed by atoms with E-state index in [-0.39, 0.29) is 6.03 Å². The molecule has 1 aliphatic rings. The highest BCUT2D eigenvalue weighted by Crippen LogP contribution is 2.22. The van der Waals surface area contributed by atoms with Crippen molar-refractivity contribution in [2.24, 2.45) is 5.92 Å². The van der Waals surface area contributed by atoms with Crippen LogP contribution in [0.5, 0.6) is 5.75 Å². The summed E-state index contributed by atoms with van der Waals surface area (Å²) in [5, 5.41) is 5.86. The summed E-state index contributed by atoms with van der Waals surface area (Å²) in [4.78, 5) is 14.6. The molecule has 0 aliphatic carbocycles. The number of amides is 2. The van der Waals surface area contributed by atoms with E-state index in [2.05, 4.69) is 15.5 Å². The summed E-state index contributed by atoms with van der Waals surface area (Å²) in [6.45, 7) is 5.52. The maximum Gasteiger partial charge on any atom is 0.319 e. The molecule has 1 atom stereocenters. The van der Waals surface area contributed by atoms with Crippen LogP contribution in [0.3, 0.4) is 0 Å². The van der Waals surface area contributed by atoms with Crippen LogP contribution in [0.1, 0.15) is 24.2 Å². The van der Waals surface area contributed by atoms with E-state index in [1.807, 2.05) is 37.3 Å². The molecule has 2 N–H and O–H groups in total. The van der Waals surface area contributed by atoms with E-state index in [0.29, 0.717) is 12.5 Å². The number of carbonyl (C=O) groups excluding carboxylic acids is 1. The lowest BCUT2D eigenvalue weighted by molar-refractivity contribution is 0.156. The average molecular weight is 357 g/mol. The van der Waals surface area contributed by atoms with Gasteiger partial charge in [0.1, 0.15) is 11.5 Å². The van der Waals surface area contributed by atoms with E-state index in [9.17, 15) is 4.79 Å². The number of furan rings is 1. The summed E-state index contributed by atoms with van der Waals surface area (Å²) in [6.07, 6.45) is 3.99. The van der Waals surface area contributed by atoms with Crippen molar-refractivity contribution in [1.29, 1.82) is 0 Å². The monoisotopic (exact) mass is 357 g/mol. The number of likely N-dealkylation sites (tertiary alicyclic amines) is 1. The zero-order valence-electron chi connectivity index (χ0n) is 15.5. The van der Waals surface area contributed by atoms with Crippen LogP contribution in [0, 0.1) is 12.8 Å². The number of benzene rings is 1. The lowest BCUT2D eigenvalue weighted by Gasteiger charge is -2.32. The maximum absolute atomic E-state index is 12.2. The largest absolute Gasteiger partial charge is 0.496 e. The van der Waals surface area contributed by atoms with Gasteiger partial charge in [-0.2, -0.15) is 0 Å². The summed E-state index contributed by atoms with van der Waals surface area (Å²) in [6, 6.07) is 9.39. The molecular weight excluding hydrogens is 330 g/mol. The number of rotatable bonds is 6. The van der Waals surface area contributed by atoms with Gasteiger partial charge in [-0.1, -0.05) is 6.07 Å². The fourth-order valence-electron chi connectivity index (χ4n) is 3.39. The number of aryl methyl sites for hydroxylation is 1. The second-order valence-electron chi connectivity index (χ2n) is 6.84. The predicted octanol–water partition coefficient (Wildman–Crippen LogP) is 3.63. The van der Waals surface area contributed by atoms with Gasteiger partial charge in [-0.05, 0) is 56.0 Å². The highest BCUT2D eigenvalue weighted by molar-refractivity contribution is 5.89. The Hall–Kier alpha value is -2.47. The Balaban J connectivity index is 1.45.